The number of hydrogen-bond donors (Lipinski definition) is 3. The van der Waals surface area contributed by atoms with Gasteiger partial charge in [-0.15, -0.1) is 0 Å². The van der Waals surface area contributed by atoms with Crippen molar-refractivity contribution < 1.29 is 9.59 Å². The molecule has 1 heterocycles. The lowest BCUT2D eigenvalue weighted by molar-refractivity contribution is -0.123. The Morgan fingerprint density at radius 1 is 1.35 bits per heavy atom. The Morgan fingerprint density at radius 2 is 2.18 bits per heavy atom. The van der Waals surface area contributed by atoms with Crippen LogP contribution in [0.4, 0.5) is 0 Å². The predicted octanol–water partition coefficient (Wildman–Crippen LogP) is -0.276. The van der Waals surface area contributed by atoms with E-state index < -0.39 is 0 Å². The summed E-state index contributed by atoms with van der Waals surface area (Å²) in [5, 5.41) is 8.72. The van der Waals surface area contributed by atoms with Gasteiger partial charge in [-0.05, 0) is 6.42 Å². The summed E-state index contributed by atoms with van der Waals surface area (Å²) in [7, 11) is 0. The van der Waals surface area contributed by atoms with E-state index in [1.54, 1.807) is 11.8 Å². The van der Waals surface area contributed by atoms with Crippen molar-refractivity contribution in [2.45, 2.75) is 25.8 Å². The molecule has 5 nitrogen and oxygen atoms in total. The molecule has 6 heteroatoms. The first kappa shape index (κ1) is 14.3. The van der Waals surface area contributed by atoms with Crippen molar-refractivity contribution in [3.63, 3.8) is 0 Å². The van der Waals surface area contributed by atoms with Crippen molar-refractivity contribution in [3.05, 3.63) is 0 Å². The van der Waals surface area contributed by atoms with Gasteiger partial charge in [-0.2, -0.15) is 11.8 Å². The quantitative estimate of drug-likeness (QED) is 0.614. The van der Waals surface area contributed by atoms with E-state index in [2.05, 4.69) is 16.0 Å². The maximum absolute atomic E-state index is 11.7. The largest absolute Gasteiger partial charge is 0.356 e. The molecule has 0 aromatic rings. The molecule has 0 aromatic heterocycles. The van der Waals surface area contributed by atoms with Crippen molar-refractivity contribution in [1.29, 1.82) is 0 Å². The highest BCUT2D eigenvalue weighted by Gasteiger charge is 2.20. The molecule has 0 radical (unpaired) electrons. The summed E-state index contributed by atoms with van der Waals surface area (Å²) in [5.41, 5.74) is 0. The van der Waals surface area contributed by atoms with E-state index in [1.165, 1.54) is 0 Å². The third kappa shape index (κ3) is 5.93. The summed E-state index contributed by atoms with van der Waals surface area (Å²) in [6, 6.07) is -0.104. The van der Waals surface area contributed by atoms with E-state index in [0.29, 0.717) is 19.5 Å². The molecule has 0 aromatic carbocycles. The lowest BCUT2D eigenvalue weighted by Gasteiger charge is -2.22. The van der Waals surface area contributed by atoms with Gasteiger partial charge in [-0.1, -0.05) is 6.92 Å². The zero-order valence-electron chi connectivity index (χ0n) is 10.3. The van der Waals surface area contributed by atoms with Crippen LogP contribution in [-0.4, -0.2) is 49.0 Å². The molecule has 1 aliphatic heterocycles. The van der Waals surface area contributed by atoms with Crippen LogP contribution >= 0.6 is 11.8 Å². The van der Waals surface area contributed by atoms with Crippen LogP contribution in [0.2, 0.25) is 0 Å². The summed E-state index contributed by atoms with van der Waals surface area (Å²) in [6.07, 6.45) is 1.28. The summed E-state index contributed by atoms with van der Waals surface area (Å²) in [4.78, 5) is 23.0. The van der Waals surface area contributed by atoms with E-state index in [4.69, 9.17) is 0 Å². The van der Waals surface area contributed by atoms with Crippen LogP contribution in [0.15, 0.2) is 0 Å². The van der Waals surface area contributed by atoms with Crippen LogP contribution in [-0.2, 0) is 9.59 Å². The van der Waals surface area contributed by atoms with Crippen molar-refractivity contribution in [2.24, 2.45) is 0 Å². The molecule has 1 rings (SSSR count). The second-order valence-electron chi connectivity index (χ2n) is 3.97. The fourth-order valence-electron chi connectivity index (χ4n) is 1.51. The smallest absolute Gasteiger partial charge is 0.238 e. The first-order valence-corrected chi connectivity index (χ1v) is 7.25. The van der Waals surface area contributed by atoms with E-state index >= 15 is 0 Å². The Labute approximate surface area is 106 Å². The zero-order chi connectivity index (χ0) is 12.5. The van der Waals surface area contributed by atoms with Gasteiger partial charge in [0.15, 0.2) is 0 Å². The molecular formula is C11H21N3O2S. The van der Waals surface area contributed by atoms with Gasteiger partial charge >= 0.3 is 0 Å². The Balaban J connectivity index is 2.08. The van der Waals surface area contributed by atoms with Gasteiger partial charge in [-0.3, -0.25) is 9.59 Å². The Bertz CT molecular complexity index is 255. The molecule has 98 valence electrons. The third-order valence-electron chi connectivity index (χ3n) is 2.46. The number of rotatable bonds is 6. The topological polar surface area (TPSA) is 70.2 Å². The molecule has 3 N–H and O–H groups in total. The molecule has 2 amide bonds. The highest BCUT2D eigenvalue weighted by Crippen LogP contribution is 2.07. The number of amides is 2. The monoisotopic (exact) mass is 259 g/mol. The van der Waals surface area contributed by atoms with Crippen LogP contribution in [0.1, 0.15) is 19.8 Å². The summed E-state index contributed by atoms with van der Waals surface area (Å²) in [6.45, 7) is 4.00. The fourth-order valence-corrected chi connectivity index (χ4v) is 2.44. The molecule has 0 saturated carbocycles. The number of carbonyl (C=O) groups excluding carboxylic acids is 2. The first-order valence-electron chi connectivity index (χ1n) is 6.09. The normalized spacial score (nSPS) is 19.7. The van der Waals surface area contributed by atoms with Crippen molar-refractivity contribution in [1.82, 2.24) is 16.0 Å². The average Bonchev–Trinajstić information content (AvgIpc) is 2.37. The average molecular weight is 259 g/mol. The van der Waals surface area contributed by atoms with Crippen LogP contribution < -0.4 is 16.0 Å². The fraction of sp³-hybridized carbons (Fsp3) is 0.818. The van der Waals surface area contributed by atoms with Crippen molar-refractivity contribution in [2.75, 3.05) is 31.1 Å². The standard InChI is InChI=1S/C11H21N3O2S/c1-2-4-13-10(15)3-5-14-11(16)9-8-17-7-6-12-9/h9,12H,2-8H2,1H3,(H,13,15)(H,14,16). The number of hydrogen-bond acceptors (Lipinski definition) is 4. The van der Waals surface area contributed by atoms with Crippen LogP contribution in [0.3, 0.4) is 0 Å². The second kappa shape index (κ2) is 8.36. The summed E-state index contributed by atoms with van der Waals surface area (Å²) >= 11 is 1.78. The highest BCUT2D eigenvalue weighted by molar-refractivity contribution is 7.99. The minimum atomic E-state index is -0.104. The molecule has 0 bridgehead atoms. The Hall–Kier alpha value is -0.750. The minimum absolute atomic E-state index is 0.000455. The lowest BCUT2D eigenvalue weighted by atomic mass is 10.3. The number of carbonyl (C=O) groups is 2. The molecule has 1 unspecified atom stereocenters. The van der Waals surface area contributed by atoms with Gasteiger partial charge in [0.25, 0.3) is 0 Å². The van der Waals surface area contributed by atoms with Crippen LogP contribution in [0, 0.1) is 0 Å². The highest BCUT2D eigenvalue weighted by atomic mass is 32.2. The van der Waals surface area contributed by atoms with Gasteiger partial charge < -0.3 is 16.0 Å². The molecule has 1 fully saturated rings. The van der Waals surface area contributed by atoms with Gasteiger partial charge in [-0.25, -0.2) is 0 Å². The number of nitrogens with one attached hydrogen (secondary N) is 3. The predicted molar refractivity (Wildman–Crippen MR) is 70.0 cm³/mol. The maximum Gasteiger partial charge on any atom is 0.238 e. The zero-order valence-corrected chi connectivity index (χ0v) is 11.1. The van der Waals surface area contributed by atoms with Gasteiger partial charge in [0.05, 0.1) is 6.04 Å². The lowest BCUT2D eigenvalue weighted by Crippen LogP contribution is -2.49. The second-order valence-corrected chi connectivity index (χ2v) is 5.12. The molecule has 17 heavy (non-hydrogen) atoms. The van der Waals surface area contributed by atoms with Gasteiger partial charge in [0, 0.05) is 37.6 Å². The SMILES string of the molecule is CCCNC(=O)CCNC(=O)C1CSCCN1. The summed E-state index contributed by atoms with van der Waals surface area (Å²) in [5.74, 6) is 1.87. The van der Waals surface area contributed by atoms with Gasteiger partial charge in [0.1, 0.15) is 0 Å². The van der Waals surface area contributed by atoms with E-state index in [0.717, 1.165) is 24.5 Å². The molecule has 1 atom stereocenters. The number of thioether (sulfide) groups is 1. The first-order chi connectivity index (χ1) is 8.24. The van der Waals surface area contributed by atoms with Gasteiger partial charge in [0.2, 0.25) is 11.8 Å². The van der Waals surface area contributed by atoms with Crippen LogP contribution in [0.5, 0.6) is 0 Å². The summed E-state index contributed by atoms with van der Waals surface area (Å²) < 4.78 is 0. The molecule has 0 spiro atoms. The van der Waals surface area contributed by atoms with E-state index in [1.807, 2.05) is 6.92 Å². The molecular weight excluding hydrogens is 238 g/mol. The molecule has 1 aliphatic rings. The third-order valence-corrected chi connectivity index (χ3v) is 3.52. The van der Waals surface area contributed by atoms with E-state index in [9.17, 15) is 9.59 Å². The molecule has 0 aliphatic carbocycles. The minimum Gasteiger partial charge on any atom is -0.356 e. The maximum atomic E-state index is 11.7. The van der Waals surface area contributed by atoms with Crippen molar-refractivity contribution in [3.8, 4) is 0 Å². The molecule has 1 saturated heterocycles. The Morgan fingerprint density at radius 3 is 2.82 bits per heavy atom. The van der Waals surface area contributed by atoms with E-state index in [-0.39, 0.29) is 17.9 Å². The van der Waals surface area contributed by atoms with Crippen molar-refractivity contribution >= 4 is 23.6 Å². The van der Waals surface area contributed by atoms with Crippen LogP contribution in [0.25, 0.3) is 0 Å². The Kier molecular flexibility index (Phi) is 7.04.